The van der Waals surface area contributed by atoms with E-state index in [-0.39, 0.29) is 51.2 Å². The summed E-state index contributed by atoms with van der Waals surface area (Å²) >= 11 is 5.97. The SMILES string of the molecule is CC1=C(O)C(=Nc2c(NCCCN3CCCCC3)nn3ccccc23)C=CC1=O.NC1=CC(=O)C(=Nc2c(NCCCN3CCCCC3)nn3ccccc23)C=C1.NC1=CC(=O)C=CC1=Nc1c(NCCCN2CCCCC2)nn2ccccc12.O=C1C=C(O)C(Cl)=CC1=Nc1c(NCCCN2CCCCC2)nn2ccccc12.O=C1C=CC(=Nc2c(NCCCN3CCCCC3)nn3ccccc23)C(O)=C1. The maximum atomic E-state index is 12.2. The lowest BCUT2D eigenvalue weighted by Crippen LogP contribution is -2.31. The third kappa shape index (κ3) is 27.2. The number of rotatable bonds is 30. The summed E-state index contributed by atoms with van der Waals surface area (Å²) in [6.45, 7) is 23.0. The Balaban J connectivity index is 0.000000128. The van der Waals surface area contributed by atoms with E-state index in [0.717, 1.165) is 143 Å². The Labute approximate surface area is 830 Å². The molecular weight excluding hydrogens is 1810 g/mol. The van der Waals surface area contributed by atoms with E-state index in [1.165, 1.54) is 210 Å². The highest BCUT2D eigenvalue weighted by atomic mass is 35.5. The number of fused-ring (bicyclic) bond motifs is 5. The molecule has 0 saturated carbocycles. The summed E-state index contributed by atoms with van der Waals surface area (Å²) in [5.74, 6) is 1.82. The van der Waals surface area contributed by atoms with E-state index < -0.39 is 5.78 Å². The van der Waals surface area contributed by atoms with Crippen molar-refractivity contribution in [1.29, 1.82) is 0 Å². The average Bonchev–Trinajstić information content (AvgIpc) is 1.68. The summed E-state index contributed by atoms with van der Waals surface area (Å²) in [5, 5.41) is 70.2. The number of hydrogen-bond donors (Lipinski definition) is 10. The van der Waals surface area contributed by atoms with E-state index in [1.54, 1.807) is 49.3 Å². The Kier molecular flexibility index (Phi) is 35.5. The number of pyridine rings is 5. The van der Waals surface area contributed by atoms with E-state index in [1.807, 2.05) is 126 Å². The average molecular weight is 1940 g/mol. The predicted octanol–water partition coefficient (Wildman–Crippen LogP) is 16.1. The summed E-state index contributed by atoms with van der Waals surface area (Å²) in [7, 11) is 0. The van der Waals surface area contributed by atoms with Crippen LogP contribution in [-0.2, 0) is 24.0 Å². The number of nitrogens with zero attached hydrogens (tertiary/aromatic N) is 20. The molecule has 10 aromatic rings. The number of nitrogens with one attached hydrogen (secondary N) is 5. The number of ketones is 5. The van der Waals surface area contributed by atoms with Gasteiger partial charge in [0.2, 0.25) is 11.6 Å². The highest BCUT2D eigenvalue weighted by molar-refractivity contribution is 6.52. The number of aliphatic hydroxyl groups excluding tert-OH is 3. The van der Waals surface area contributed by atoms with Crippen LogP contribution in [0.3, 0.4) is 0 Å². The molecule has 5 aliphatic carbocycles. The van der Waals surface area contributed by atoms with E-state index in [4.69, 9.17) is 28.1 Å². The molecule has 10 aliphatic rings. The van der Waals surface area contributed by atoms with Crippen LogP contribution < -0.4 is 38.1 Å². The van der Waals surface area contributed by atoms with Crippen molar-refractivity contribution in [2.45, 2.75) is 135 Å². The second-order valence-corrected chi connectivity index (χ2v) is 36.9. The molecule has 0 amide bonds. The summed E-state index contributed by atoms with van der Waals surface area (Å²) < 4.78 is 8.87. The number of carbonyl (C=O) groups excluding carboxylic acids is 5. The van der Waals surface area contributed by atoms with Crippen molar-refractivity contribution in [3.05, 3.63) is 240 Å². The molecule has 142 heavy (non-hydrogen) atoms. The molecule has 0 aromatic carbocycles. The minimum atomic E-state index is -0.391. The van der Waals surface area contributed by atoms with Gasteiger partial charge in [0.1, 0.15) is 68.6 Å². The second-order valence-electron chi connectivity index (χ2n) is 36.5. The van der Waals surface area contributed by atoms with Gasteiger partial charge in [-0.2, -0.15) is 0 Å². The lowest BCUT2D eigenvalue weighted by atomic mass is 10.0. The number of likely N-dealkylation sites (tertiary alicyclic amines) is 5. The van der Waals surface area contributed by atoms with Crippen LogP contribution in [0.25, 0.3) is 27.6 Å². The fraction of sp³-hybridized carbons (Fsp3) is 0.387. The summed E-state index contributed by atoms with van der Waals surface area (Å²) in [6.07, 6.45) is 53.1. The highest BCUT2D eigenvalue weighted by Crippen LogP contribution is 2.38. The van der Waals surface area contributed by atoms with Gasteiger partial charge in [0, 0.05) is 99.3 Å². The maximum Gasteiger partial charge on any atom is 0.207 e. The first-order valence-electron chi connectivity index (χ1n) is 50.0. The second kappa shape index (κ2) is 50.2. The molecule has 0 atom stereocenters. The number of carbonyl (C=O) groups is 5. The molecule has 0 bridgehead atoms. The van der Waals surface area contributed by atoms with Crippen LogP contribution in [-0.4, -0.2) is 276 Å². The normalized spacial score (nSPS) is 19.4. The summed E-state index contributed by atoms with van der Waals surface area (Å²) in [4.78, 5) is 94.8. The number of hydrogen-bond acceptors (Lipinski definition) is 30. The topological polar surface area (TPSA) is 423 Å². The third-order valence-electron chi connectivity index (χ3n) is 26.0. The zero-order chi connectivity index (χ0) is 98.5. The Morgan fingerprint density at radius 2 is 0.613 bits per heavy atom. The van der Waals surface area contributed by atoms with Crippen molar-refractivity contribution in [1.82, 2.24) is 72.6 Å². The van der Waals surface area contributed by atoms with Crippen molar-refractivity contribution in [2.75, 3.05) is 157 Å². The van der Waals surface area contributed by atoms with Crippen molar-refractivity contribution in [2.24, 2.45) is 36.4 Å². The first kappa shape index (κ1) is 101. The molecule has 15 heterocycles. The van der Waals surface area contributed by atoms with Gasteiger partial charge in [0.15, 0.2) is 46.4 Å². The molecule has 0 radical (unpaired) electrons. The molecule has 742 valence electrons. The number of allylic oxidation sites excluding steroid dienone is 15. The molecule has 20 rings (SSSR count). The van der Waals surface area contributed by atoms with Crippen LogP contribution in [0.2, 0.25) is 0 Å². The molecule has 10 aromatic heterocycles. The fourth-order valence-corrected chi connectivity index (χ4v) is 18.5. The standard InChI is InChI=1S/C22H27N5O2.C21H24ClN5O2.2C21H26N6O.C21H25N5O2/c1-16-19(28)10-9-17(21(16)29)24-20-18-8-3-6-15-27(18)25-22(20)23-11-7-14-26-12-4-2-5-13-26;22-15-13-16(19(29)14-18(15)28)24-20-17-7-2-5-12-27(17)25-21(20)23-8-6-11-26-9-3-1-4-10-26;22-17-15-16(28)8-9-18(17)24-20-19-7-2-5-14-27(19)25-21(20)23-10-6-13-26-11-3-1-4-12-26;22-16-8-9-17(19(28)15-16)24-20-18-7-2-5-14-27(18)25-21(20)23-10-6-13-26-11-3-1-4-12-26;27-16-8-9-17(19(28)15-16)23-20-18-7-2-5-14-26(18)24-21(20)22-10-6-13-25-11-3-1-4-12-25/h3,6,8-10,15,29H,2,4-5,7,11-14H2,1H3,(H,23,25);2,5,7,12-14,28H,1,3-4,6,8-11H2,(H,23,25);2*2,5,7-9,14-15H,1,3-4,6,10-13,22H2,(H,23,25);2,5,7-9,14-15,28H,1,3-4,6,10-13H2,(H,22,24). The fourth-order valence-electron chi connectivity index (χ4n) is 18.4. The van der Waals surface area contributed by atoms with Gasteiger partial charge >= 0.3 is 0 Å². The van der Waals surface area contributed by atoms with Gasteiger partial charge in [0.05, 0.1) is 44.0 Å². The van der Waals surface area contributed by atoms with Crippen LogP contribution in [0.5, 0.6) is 0 Å². The number of aliphatic hydroxyl groups is 3. The molecule has 5 saturated heterocycles. The van der Waals surface area contributed by atoms with Gasteiger partial charge in [-0.25, -0.2) is 47.5 Å². The Morgan fingerprint density at radius 1 is 0.317 bits per heavy atom. The highest BCUT2D eigenvalue weighted by Gasteiger charge is 2.27. The van der Waals surface area contributed by atoms with Gasteiger partial charge in [-0.1, -0.05) is 74.0 Å². The molecule has 36 heteroatoms. The summed E-state index contributed by atoms with van der Waals surface area (Å²) in [5.41, 5.74) is 22.2. The molecule has 5 fully saturated rings. The molecule has 35 nitrogen and oxygen atoms in total. The van der Waals surface area contributed by atoms with Crippen LogP contribution in [0.15, 0.2) is 265 Å². The number of aromatic nitrogens is 10. The van der Waals surface area contributed by atoms with Crippen LogP contribution in [0, 0.1) is 0 Å². The van der Waals surface area contributed by atoms with Gasteiger partial charge in [0.25, 0.3) is 0 Å². The van der Waals surface area contributed by atoms with E-state index >= 15 is 0 Å². The van der Waals surface area contributed by atoms with Gasteiger partial charge < -0.3 is 77.9 Å². The Hall–Kier alpha value is -14.4. The van der Waals surface area contributed by atoms with Crippen molar-refractivity contribution < 1.29 is 39.3 Å². The molecule has 0 unspecified atom stereocenters. The Morgan fingerprint density at radius 3 is 0.951 bits per heavy atom. The lowest BCUT2D eigenvalue weighted by molar-refractivity contribution is -0.112. The van der Waals surface area contributed by atoms with Crippen LogP contribution in [0.1, 0.15) is 135 Å². The Bertz CT molecular complexity index is 6530. The molecular formula is C106H128ClN27O8. The first-order chi connectivity index (χ1) is 69.4. The number of aliphatic imine (C=N–C) groups is 5. The van der Waals surface area contributed by atoms with E-state index in [0.29, 0.717) is 85.8 Å². The van der Waals surface area contributed by atoms with Gasteiger partial charge in [-0.05, 0) is 317 Å². The number of halogens is 1. The minimum absolute atomic E-state index is 0.0798. The third-order valence-corrected chi connectivity index (χ3v) is 26.3. The molecule has 0 spiro atoms. The van der Waals surface area contributed by atoms with Crippen LogP contribution >= 0.6 is 11.6 Å². The first-order valence-corrected chi connectivity index (χ1v) is 50.3. The largest absolute Gasteiger partial charge is 0.506 e. The van der Waals surface area contributed by atoms with Crippen molar-refractivity contribution >= 4 is 154 Å². The minimum Gasteiger partial charge on any atom is -0.506 e. The quantitative estimate of drug-likeness (QED) is 0.0114. The van der Waals surface area contributed by atoms with Crippen molar-refractivity contribution in [3.63, 3.8) is 0 Å². The van der Waals surface area contributed by atoms with E-state index in [2.05, 4.69) is 96.5 Å². The summed E-state index contributed by atoms with van der Waals surface area (Å²) in [6, 6.07) is 28.9. The smallest absolute Gasteiger partial charge is 0.207 e. The van der Waals surface area contributed by atoms with Crippen LogP contribution in [0.4, 0.5) is 57.5 Å². The number of anilines is 5. The zero-order valence-electron chi connectivity index (χ0n) is 80.7. The monoisotopic (exact) mass is 1940 g/mol. The number of nitrogens with two attached hydrogens (primary N) is 2. The maximum absolute atomic E-state index is 12.2. The van der Waals surface area contributed by atoms with Crippen molar-refractivity contribution in [3.8, 4) is 0 Å². The molecule has 12 N–H and O–H groups in total. The molecule has 5 aliphatic heterocycles. The van der Waals surface area contributed by atoms with Gasteiger partial charge in [-0.3, -0.25) is 24.0 Å². The van der Waals surface area contributed by atoms with Gasteiger partial charge in [-0.15, -0.1) is 25.5 Å². The zero-order valence-corrected chi connectivity index (χ0v) is 81.5. The predicted molar refractivity (Wildman–Crippen MR) is 565 cm³/mol. The lowest BCUT2D eigenvalue weighted by Gasteiger charge is -2.26. The van der Waals surface area contributed by atoms with E-state index in [9.17, 15) is 39.3 Å². The number of piperidine rings is 5.